The maximum atomic E-state index is 12.9. The van der Waals surface area contributed by atoms with Crippen LogP contribution in [-0.4, -0.2) is 31.8 Å². The Hall–Kier alpha value is -4.04. The highest BCUT2D eigenvalue weighted by Crippen LogP contribution is 2.19. The molecule has 0 bridgehead atoms. The third-order valence-corrected chi connectivity index (χ3v) is 6.28. The average molecular weight is 528 g/mol. The number of benzene rings is 3. The smallest absolute Gasteiger partial charge is 0.264 e. The largest absolute Gasteiger partial charge is 0.350 e. The van der Waals surface area contributed by atoms with Crippen molar-refractivity contribution >= 4 is 32.9 Å². The van der Waals surface area contributed by atoms with E-state index in [1.165, 1.54) is 12.5 Å². The normalized spacial score (nSPS) is 11.0. The van der Waals surface area contributed by atoms with Gasteiger partial charge in [0.25, 0.3) is 11.5 Å². The summed E-state index contributed by atoms with van der Waals surface area (Å²) in [6, 6.07) is 25.3. The Morgan fingerprint density at radius 3 is 2.37 bits per heavy atom. The van der Waals surface area contributed by atoms with Crippen LogP contribution in [0.15, 0.2) is 101 Å². The van der Waals surface area contributed by atoms with E-state index >= 15 is 0 Å². The lowest BCUT2D eigenvalue weighted by atomic mass is 10.0. The van der Waals surface area contributed by atoms with Gasteiger partial charge >= 0.3 is 0 Å². The minimum Gasteiger partial charge on any atom is -0.350 e. The SMILES string of the molecule is O=C(NCCn1ncc2c(=O)n(Cc3ccc(Br)cc3)cnc21)c1ccc(-c2ccccc2)cc1. The number of nitrogens with one attached hydrogen (secondary N) is 1. The summed E-state index contributed by atoms with van der Waals surface area (Å²) in [6.07, 6.45) is 3.07. The second kappa shape index (κ2) is 10.1. The van der Waals surface area contributed by atoms with Gasteiger partial charge in [0.2, 0.25) is 0 Å². The molecule has 0 aliphatic rings. The highest BCUT2D eigenvalue weighted by Gasteiger charge is 2.11. The topological polar surface area (TPSA) is 81.8 Å². The molecule has 0 unspecified atom stereocenters. The number of aromatic nitrogens is 4. The van der Waals surface area contributed by atoms with E-state index in [1.54, 1.807) is 9.25 Å². The Labute approximate surface area is 210 Å². The number of nitrogens with zero attached hydrogens (tertiary/aromatic N) is 4. The van der Waals surface area contributed by atoms with Gasteiger partial charge in [-0.1, -0.05) is 70.5 Å². The molecule has 2 aromatic heterocycles. The predicted octanol–water partition coefficient (Wildman–Crippen LogP) is 4.50. The second-order valence-electron chi connectivity index (χ2n) is 8.11. The summed E-state index contributed by atoms with van der Waals surface area (Å²) in [5.74, 6) is -0.161. The van der Waals surface area contributed by atoms with Gasteiger partial charge in [-0.15, -0.1) is 0 Å². The Morgan fingerprint density at radius 1 is 0.914 bits per heavy atom. The minimum atomic E-state index is -0.161. The highest BCUT2D eigenvalue weighted by molar-refractivity contribution is 9.10. The molecule has 174 valence electrons. The Morgan fingerprint density at radius 2 is 1.63 bits per heavy atom. The van der Waals surface area contributed by atoms with Gasteiger partial charge in [0.15, 0.2) is 5.65 Å². The molecule has 2 heterocycles. The van der Waals surface area contributed by atoms with Crippen LogP contribution in [0.2, 0.25) is 0 Å². The van der Waals surface area contributed by atoms with Gasteiger partial charge in [0.1, 0.15) is 11.7 Å². The van der Waals surface area contributed by atoms with Crippen LogP contribution < -0.4 is 10.9 Å². The lowest BCUT2D eigenvalue weighted by Gasteiger charge is -2.08. The van der Waals surface area contributed by atoms with Crippen molar-refractivity contribution in [2.75, 3.05) is 6.54 Å². The van der Waals surface area contributed by atoms with Crippen LogP contribution in [0.1, 0.15) is 15.9 Å². The molecule has 0 fully saturated rings. The minimum absolute atomic E-state index is 0.147. The molecule has 0 atom stereocenters. The third-order valence-electron chi connectivity index (χ3n) is 5.75. The standard InChI is InChI=1S/C27H22BrN5O2/c28-23-12-6-19(7-13-23)17-32-18-30-25-24(27(32)35)16-31-33(25)15-14-29-26(34)22-10-8-21(9-11-22)20-4-2-1-3-5-20/h1-13,16,18H,14-15,17H2,(H,29,34). The van der Waals surface area contributed by atoms with E-state index in [4.69, 9.17) is 0 Å². The summed E-state index contributed by atoms with van der Waals surface area (Å²) in [4.78, 5) is 29.9. The number of hydrogen-bond acceptors (Lipinski definition) is 4. The lowest BCUT2D eigenvalue weighted by Crippen LogP contribution is -2.27. The molecule has 8 heteroatoms. The first-order valence-electron chi connectivity index (χ1n) is 11.2. The first kappa shape index (κ1) is 22.7. The number of halogens is 1. The molecule has 1 N–H and O–H groups in total. The van der Waals surface area contributed by atoms with Crippen LogP contribution in [0.3, 0.4) is 0 Å². The van der Waals surface area contributed by atoms with E-state index in [0.717, 1.165) is 21.2 Å². The molecule has 7 nitrogen and oxygen atoms in total. The van der Waals surface area contributed by atoms with Crippen molar-refractivity contribution < 1.29 is 4.79 Å². The fourth-order valence-electron chi connectivity index (χ4n) is 3.88. The monoisotopic (exact) mass is 527 g/mol. The lowest BCUT2D eigenvalue weighted by molar-refractivity contribution is 0.0952. The maximum Gasteiger partial charge on any atom is 0.264 e. The molecular formula is C27H22BrN5O2. The van der Waals surface area contributed by atoms with E-state index in [1.807, 2.05) is 78.9 Å². The fourth-order valence-corrected chi connectivity index (χ4v) is 4.15. The van der Waals surface area contributed by atoms with E-state index in [-0.39, 0.29) is 11.5 Å². The molecule has 3 aromatic carbocycles. The van der Waals surface area contributed by atoms with Crippen molar-refractivity contribution in [3.8, 4) is 11.1 Å². The first-order valence-corrected chi connectivity index (χ1v) is 12.0. The summed E-state index contributed by atoms with van der Waals surface area (Å²) in [7, 11) is 0. The Balaban J connectivity index is 1.22. The number of rotatable bonds is 7. The van der Waals surface area contributed by atoms with Crippen LogP contribution in [0.25, 0.3) is 22.2 Å². The van der Waals surface area contributed by atoms with Crippen molar-refractivity contribution in [1.82, 2.24) is 24.6 Å². The quantitative estimate of drug-likeness (QED) is 0.337. The summed E-state index contributed by atoms with van der Waals surface area (Å²) < 4.78 is 4.19. The van der Waals surface area contributed by atoms with Crippen molar-refractivity contribution in [2.24, 2.45) is 0 Å². The first-order chi connectivity index (χ1) is 17.1. The number of carbonyl (C=O) groups is 1. The van der Waals surface area contributed by atoms with Gasteiger partial charge in [0.05, 0.1) is 19.3 Å². The Kier molecular flexibility index (Phi) is 6.54. The number of fused-ring (bicyclic) bond motifs is 1. The van der Waals surface area contributed by atoms with Crippen LogP contribution in [-0.2, 0) is 13.1 Å². The molecule has 35 heavy (non-hydrogen) atoms. The molecule has 1 amide bonds. The van der Waals surface area contributed by atoms with Gasteiger partial charge < -0.3 is 5.32 Å². The fraction of sp³-hybridized carbons (Fsp3) is 0.111. The van der Waals surface area contributed by atoms with Gasteiger partial charge in [-0.2, -0.15) is 5.10 Å². The van der Waals surface area contributed by atoms with E-state index < -0.39 is 0 Å². The van der Waals surface area contributed by atoms with Gasteiger partial charge in [0, 0.05) is 16.6 Å². The molecule has 0 saturated heterocycles. The van der Waals surface area contributed by atoms with Crippen molar-refractivity contribution in [3.05, 3.63) is 117 Å². The van der Waals surface area contributed by atoms with E-state index in [2.05, 4.69) is 31.3 Å². The zero-order chi connectivity index (χ0) is 24.2. The zero-order valence-corrected chi connectivity index (χ0v) is 20.4. The maximum absolute atomic E-state index is 12.9. The number of amides is 1. The molecule has 5 aromatic rings. The van der Waals surface area contributed by atoms with Crippen LogP contribution in [0, 0.1) is 0 Å². The molecule has 0 saturated carbocycles. The van der Waals surface area contributed by atoms with Gasteiger partial charge in [-0.25, -0.2) is 9.67 Å². The van der Waals surface area contributed by atoms with Crippen molar-refractivity contribution in [1.29, 1.82) is 0 Å². The van der Waals surface area contributed by atoms with Crippen LogP contribution in [0.5, 0.6) is 0 Å². The Bertz CT molecular complexity index is 1520. The molecule has 0 aliphatic heterocycles. The van der Waals surface area contributed by atoms with Crippen LogP contribution >= 0.6 is 15.9 Å². The molecule has 0 spiro atoms. The van der Waals surface area contributed by atoms with Gasteiger partial charge in [-0.05, 0) is 41.0 Å². The van der Waals surface area contributed by atoms with Gasteiger partial charge in [-0.3, -0.25) is 14.2 Å². The third kappa shape index (κ3) is 5.07. The summed E-state index contributed by atoms with van der Waals surface area (Å²) in [5, 5.41) is 7.67. The summed E-state index contributed by atoms with van der Waals surface area (Å²) in [6.45, 7) is 1.19. The highest BCUT2D eigenvalue weighted by atomic mass is 79.9. The summed E-state index contributed by atoms with van der Waals surface area (Å²) in [5.41, 5.74) is 4.11. The molecule has 0 aliphatic carbocycles. The van der Waals surface area contributed by atoms with E-state index in [9.17, 15) is 9.59 Å². The number of carbonyl (C=O) groups excluding carboxylic acids is 1. The van der Waals surface area contributed by atoms with Crippen molar-refractivity contribution in [2.45, 2.75) is 13.1 Å². The predicted molar refractivity (Wildman–Crippen MR) is 139 cm³/mol. The molecular weight excluding hydrogens is 506 g/mol. The van der Waals surface area contributed by atoms with Crippen molar-refractivity contribution in [3.63, 3.8) is 0 Å². The van der Waals surface area contributed by atoms with Crippen LogP contribution in [0.4, 0.5) is 0 Å². The molecule has 5 rings (SSSR count). The van der Waals surface area contributed by atoms with E-state index in [0.29, 0.717) is 36.2 Å². The number of hydrogen-bond donors (Lipinski definition) is 1. The second-order valence-corrected chi connectivity index (χ2v) is 9.02. The zero-order valence-electron chi connectivity index (χ0n) is 18.8. The molecule has 0 radical (unpaired) electrons. The summed E-state index contributed by atoms with van der Waals surface area (Å²) >= 11 is 3.42. The average Bonchev–Trinajstić information content (AvgIpc) is 3.31.